The number of hydrogen-bond acceptors (Lipinski definition) is 4. The van der Waals surface area contributed by atoms with E-state index in [2.05, 4.69) is 6.08 Å². The molecule has 0 aliphatic carbocycles. The Morgan fingerprint density at radius 2 is 2.00 bits per heavy atom. The Morgan fingerprint density at radius 1 is 1.25 bits per heavy atom. The Morgan fingerprint density at radius 3 is 2.60 bits per heavy atom. The first-order valence-corrected chi connectivity index (χ1v) is 6.38. The van der Waals surface area contributed by atoms with E-state index >= 15 is 0 Å². The molecule has 0 aliphatic heterocycles. The zero-order chi connectivity index (χ0) is 14.7. The monoisotopic (exact) mass is 274 g/mol. The molecule has 0 fully saturated rings. The summed E-state index contributed by atoms with van der Waals surface area (Å²) < 4.78 is 16.0. The van der Waals surface area contributed by atoms with Crippen molar-refractivity contribution in [2.45, 2.75) is 20.3 Å². The number of benzene rings is 1. The highest BCUT2D eigenvalue weighted by Crippen LogP contribution is 2.37. The molecule has 1 heterocycles. The minimum atomic E-state index is -0.377. The van der Waals surface area contributed by atoms with Gasteiger partial charge in [-0.15, -0.1) is 0 Å². The van der Waals surface area contributed by atoms with Gasteiger partial charge >= 0.3 is 5.63 Å². The minimum Gasteiger partial charge on any atom is -0.493 e. The molecule has 2 rings (SSSR count). The van der Waals surface area contributed by atoms with Crippen molar-refractivity contribution in [3.05, 3.63) is 45.8 Å². The predicted molar refractivity (Wildman–Crippen MR) is 78.7 cm³/mol. The number of allylic oxidation sites excluding steroid dienone is 2. The van der Waals surface area contributed by atoms with Crippen molar-refractivity contribution in [1.29, 1.82) is 0 Å². The lowest BCUT2D eigenvalue weighted by molar-refractivity contribution is 0.352. The Labute approximate surface area is 117 Å². The largest absolute Gasteiger partial charge is 0.493 e. The fourth-order valence-electron chi connectivity index (χ4n) is 2.13. The third-order valence-electron chi connectivity index (χ3n) is 3.09. The highest BCUT2D eigenvalue weighted by molar-refractivity contribution is 5.85. The number of ether oxygens (including phenoxy) is 2. The molecule has 4 nitrogen and oxygen atoms in total. The molecule has 0 unspecified atom stereocenters. The fourth-order valence-corrected chi connectivity index (χ4v) is 2.13. The first kappa shape index (κ1) is 14.2. The summed E-state index contributed by atoms with van der Waals surface area (Å²) in [6.45, 7) is 4.07. The zero-order valence-electron chi connectivity index (χ0n) is 12.1. The van der Waals surface area contributed by atoms with Crippen LogP contribution in [0.3, 0.4) is 0 Å². The molecule has 4 heteroatoms. The van der Waals surface area contributed by atoms with Crippen molar-refractivity contribution in [1.82, 2.24) is 0 Å². The maximum absolute atomic E-state index is 11.4. The molecule has 20 heavy (non-hydrogen) atoms. The molecule has 0 aliphatic rings. The highest BCUT2D eigenvalue weighted by Gasteiger charge is 2.15. The van der Waals surface area contributed by atoms with Gasteiger partial charge in [0.25, 0.3) is 0 Å². The van der Waals surface area contributed by atoms with Crippen LogP contribution in [0.1, 0.15) is 19.4 Å². The van der Waals surface area contributed by atoms with Crippen LogP contribution < -0.4 is 15.1 Å². The molecular formula is C16H18O4. The summed E-state index contributed by atoms with van der Waals surface area (Å²) in [7, 11) is 3.17. The lowest BCUT2D eigenvalue weighted by atomic mass is 10.0. The van der Waals surface area contributed by atoms with E-state index in [1.807, 2.05) is 13.8 Å². The van der Waals surface area contributed by atoms with Gasteiger partial charge in [0.2, 0.25) is 0 Å². The Kier molecular flexibility index (Phi) is 4.13. The Balaban J connectivity index is 2.77. The lowest BCUT2D eigenvalue weighted by Crippen LogP contribution is -2.00. The molecule has 0 radical (unpaired) electrons. The van der Waals surface area contributed by atoms with Crippen LogP contribution in [0.2, 0.25) is 0 Å². The van der Waals surface area contributed by atoms with Gasteiger partial charge in [-0.05, 0) is 26.3 Å². The normalized spacial score (nSPS) is 10.4. The molecule has 0 atom stereocenters. The molecule has 0 N–H and O–H groups in total. The minimum absolute atomic E-state index is 0.377. The van der Waals surface area contributed by atoms with Crippen molar-refractivity contribution >= 4 is 11.0 Å². The van der Waals surface area contributed by atoms with Crippen LogP contribution in [-0.2, 0) is 6.42 Å². The van der Waals surface area contributed by atoms with Crippen molar-refractivity contribution in [2.75, 3.05) is 14.2 Å². The Bertz CT molecular complexity index is 706. The van der Waals surface area contributed by atoms with E-state index in [1.165, 1.54) is 11.6 Å². The third-order valence-corrected chi connectivity index (χ3v) is 3.09. The molecule has 1 aromatic heterocycles. The second-order valence-corrected chi connectivity index (χ2v) is 4.74. The van der Waals surface area contributed by atoms with Crippen LogP contribution in [0, 0.1) is 0 Å². The van der Waals surface area contributed by atoms with Gasteiger partial charge in [0.15, 0.2) is 11.5 Å². The van der Waals surface area contributed by atoms with Crippen LogP contribution in [0.15, 0.2) is 39.1 Å². The molecule has 0 spiro atoms. The summed E-state index contributed by atoms with van der Waals surface area (Å²) in [5.41, 5.74) is 2.29. The predicted octanol–water partition coefficient (Wildman–Crippen LogP) is 3.32. The van der Waals surface area contributed by atoms with Gasteiger partial charge in [0, 0.05) is 23.1 Å². The van der Waals surface area contributed by atoms with Gasteiger partial charge in [0.1, 0.15) is 5.58 Å². The average Bonchev–Trinajstić information content (AvgIpc) is 2.43. The van der Waals surface area contributed by atoms with Crippen LogP contribution >= 0.6 is 0 Å². The number of rotatable bonds is 4. The maximum atomic E-state index is 11.4. The van der Waals surface area contributed by atoms with Crippen LogP contribution in [-0.4, -0.2) is 14.2 Å². The van der Waals surface area contributed by atoms with E-state index in [9.17, 15) is 4.79 Å². The smallest absolute Gasteiger partial charge is 0.336 e. The van der Waals surface area contributed by atoms with Crippen molar-refractivity contribution in [2.24, 2.45) is 0 Å². The maximum Gasteiger partial charge on any atom is 0.336 e. The van der Waals surface area contributed by atoms with Gasteiger partial charge in [-0.3, -0.25) is 0 Å². The lowest BCUT2D eigenvalue weighted by Gasteiger charge is -2.14. The fraction of sp³-hybridized carbons (Fsp3) is 0.312. The van der Waals surface area contributed by atoms with Crippen LogP contribution in [0.25, 0.3) is 11.0 Å². The molecule has 0 saturated heterocycles. The van der Waals surface area contributed by atoms with Crippen molar-refractivity contribution < 1.29 is 13.9 Å². The second-order valence-electron chi connectivity index (χ2n) is 4.74. The summed E-state index contributed by atoms with van der Waals surface area (Å²) in [5, 5.41) is 0.861. The summed E-state index contributed by atoms with van der Waals surface area (Å²) in [6, 6.07) is 4.86. The van der Waals surface area contributed by atoms with E-state index in [0.717, 1.165) is 10.9 Å². The SMILES string of the molecule is COc1cc2oc(=O)ccc2c(CC=C(C)C)c1OC. The molecule has 0 amide bonds. The molecule has 106 valence electrons. The van der Waals surface area contributed by atoms with Gasteiger partial charge in [-0.25, -0.2) is 4.79 Å². The third kappa shape index (κ3) is 2.69. The highest BCUT2D eigenvalue weighted by atomic mass is 16.5. The summed E-state index contributed by atoms with van der Waals surface area (Å²) in [6.07, 6.45) is 2.79. The molecular weight excluding hydrogens is 256 g/mol. The van der Waals surface area contributed by atoms with Gasteiger partial charge in [-0.1, -0.05) is 11.6 Å². The average molecular weight is 274 g/mol. The van der Waals surface area contributed by atoms with Crippen LogP contribution in [0.5, 0.6) is 11.5 Å². The van der Waals surface area contributed by atoms with E-state index in [0.29, 0.717) is 23.5 Å². The summed E-state index contributed by atoms with van der Waals surface area (Å²) in [4.78, 5) is 11.4. The molecule has 1 aromatic carbocycles. The number of hydrogen-bond donors (Lipinski definition) is 0. The first-order valence-electron chi connectivity index (χ1n) is 6.38. The standard InChI is InChI=1S/C16H18O4/c1-10(2)5-6-12-11-7-8-15(17)20-13(11)9-14(18-3)16(12)19-4/h5,7-9H,6H2,1-4H3. The van der Waals surface area contributed by atoms with Gasteiger partial charge in [-0.2, -0.15) is 0 Å². The second kappa shape index (κ2) is 5.82. The molecule has 0 saturated carbocycles. The molecule has 2 aromatic rings. The van der Waals surface area contributed by atoms with Gasteiger partial charge < -0.3 is 13.9 Å². The van der Waals surface area contributed by atoms with E-state index in [1.54, 1.807) is 26.4 Å². The van der Waals surface area contributed by atoms with E-state index < -0.39 is 0 Å². The topological polar surface area (TPSA) is 48.7 Å². The van der Waals surface area contributed by atoms with Crippen LogP contribution in [0.4, 0.5) is 0 Å². The van der Waals surface area contributed by atoms with Crippen molar-refractivity contribution in [3.63, 3.8) is 0 Å². The molecule has 0 bridgehead atoms. The van der Waals surface area contributed by atoms with E-state index in [-0.39, 0.29) is 5.63 Å². The summed E-state index contributed by atoms with van der Waals surface area (Å²) in [5.74, 6) is 1.23. The summed E-state index contributed by atoms with van der Waals surface area (Å²) >= 11 is 0. The Hall–Kier alpha value is -2.23. The van der Waals surface area contributed by atoms with Gasteiger partial charge in [0.05, 0.1) is 14.2 Å². The zero-order valence-corrected chi connectivity index (χ0v) is 12.1. The van der Waals surface area contributed by atoms with E-state index in [4.69, 9.17) is 13.9 Å². The number of methoxy groups -OCH3 is 2. The number of fused-ring (bicyclic) bond motifs is 1. The first-order chi connectivity index (χ1) is 9.56. The quantitative estimate of drug-likeness (QED) is 0.634. The van der Waals surface area contributed by atoms with Crippen molar-refractivity contribution in [3.8, 4) is 11.5 Å².